The van der Waals surface area contributed by atoms with E-state index in [1.54, 1.807) is 0 Å². The third-order valence-electron chi connectivity index (χ3n) is 10.7. The fourth-order valence-electron chi connectivity index (χ4n) is 8.37. The van der Waals surface area contributed by atoms with Gasteiger partial charge in [0.05, 0.1) is 0 Å². The molecule has 11 rings (SSSR count). The van der Waals surface area contributed by atoms with E-state index in [0.717, 1.165) is 55.0 Å². The highest BCUT2D eigenvalue weighted by Gasteiger charge is 2.20. The van der Waals surface area contributed by atoms with Gasteiger partial charge in [-0.05, 0) is 84.8 Å². The molecule has 0 atom stereocenters. The molecule has 0 bridgehead atoms. The van der Waals surface area contributed by atoms with Gasteiger partial charge in [0, 0.05) is 27.1 Å². The number of hydrogen-bond acceptors (Lipinski definition) is 2. The van der Waals surface area contributed by atoms with Crippen molar-refractivity contribution in [2.45, 2.75) is 0 Å². The number of fused-ring (bicyclic) bond motifs is 8. The Morgan fingerprint density at radius 3 is 1.40 bits per heavy atom. The lowest BCUT2D eigenvalue weighted by Crippen LogP contribution is -1.92. The highest BCUT2D eigenvalue weighted by molar-refractivity contribution is 6.22. The lowest BCUT2D eigenvalue weighted by Gasteiger charge is -2.20. The van der Waals surface area contributed by atoms with Crippen molar-refractivity contribution in [2.24, 2.45) is 0 Å². The highest BCUT2D eigenvalue weighted by Crippen LogP contribution is 2.47. The number of rotatable bonds is 4. The van der Waals surface area contributed by atoms with E-state index in [9.17, 15) is 0 Å². The Kier molecular flexibility index (Phi) is 6.28. The van der Waals surface area contributed by atoms with Crippen LogP contribution in [0, 0.1) is 0 Å². The Hall–Kier alpha value is -6.90. The van der Waals surface area contributed by atoms with Crippen LogP contribution in [0.3, 0.4) is 0 Å². The first-order valence-corrected chi connectivity index (χ1v) is 17.8. The van der Waals surface area contributed by atoms with E-state index in [-0.39, 0.29) is 0 Å². The molecule has 0 saturated carbocycles. The van der Waals surface area contributed by atoms with Crippen molar-refractivity contribution >= 4 is 65.4 Å². The normalized spacial score (nSPS) is 11.8. The minimum atomic E-state index is 0.906. The monoisotopic (exact) mass is 662 g/mol. The van der Waals surface area contributed by atoms with E-state index in [2.05, 4.69) is 158 Å². The maximum atomic E-state index is 6.40. The number of benzene rings is 9. The lowest BCUT2D eigenvalue weighted by atomic mass is 9.83. The van der Waals surface area contributed by atoms with Gasteiger partial charge in [0.2, 0.25) is 0 Å². The fraction of sp³-hybridized carbons (Fsp3) is 0. The molecule has 0 aliphatic carbocycles. The summed E-state index contributed by atoms with van der Waals surface area (Å²) in [5, 5.41) is 9.48. The zero-order valence-electron chi connectivity index (χ0n) is 28.1. The van der Waals surface area contributed by atoms with Crippen LogP contribution in [0.5, 0.6) is 0 Å². The van der Waals surface area contributed by atoms with Crippen LogP contribution in [0.25, 0.3) is 110 Å². The minimum Gasteiger partial charge on any atom is -0.456 e. The third-order valence-corrected chi connectivity index (χ3v) is 10.7. The van der Waals surface area contributed by atoms with Gasteiger partial charge in [0.1, 0.15) is 22.3 Å². The summed E-state index contributed by atoms with van der Waals surface area (Å²) in [6.45, 7) is 0. The second-order valence-electron chi connectivity index (χ2n) is 13.6. The molecular formula is C50H30O2. The summed E-state index contributed by atoms with van der Waals surface area (Å²) in [5.74, 6) is 0. The van der Waals surface area contributed by atoms with Crippen LogP contribution in [0.2, 0.25) is 0 Å². The molecule has 2 aromatic heterocycles. The predicted molar refractivity (Wildman–Crippen MR) is 218 cm³/mol. The van der Waals surface area contributed by atoms with Crippen molar-refractivity contribution in [1.29, 1.82) is 0 Å². The smallest absolute Gasteiger partial charge is 0.143 e. The molecule has 242 valence electrons. The minimum absolute atomic E-state index is 0.906. The van der Waals surface area contributed by atoms with Gasteiger partial charge in [-0.2, -0.15) is 0 Å². The summed E-state index contributed by atoms with van der Waals surface area (Å²) in [4.78, 5) is 0. The Morgan fingerprint density at radius 1 is 0.250 bits per heavy atom. The second-order valence-corrected chi connectivity index (χ2v) is 13.6. The standard InChI is InChI=1S/C50H30O2/c1-2-15-38(34(12-1)33-28-29-47-44(30-33)37-14-8-9-22-45(37)51-47)49-41-18-5-3-16-39(41)48(40-17-4-6-19-42(40)49)32-26-24-31(25-27-32)35-20-11-21-43-36-13-7-10-23-46(36)52-50(35)43/h1-30H. The Morgan fingerprint density at radius 2 is 0.712 bits per heavy atom. The molecule has 2 heteroatoms. The SMILES string of the molecule is c1ccc(-c2c3ccccc3c(-c3ccc(-c4cccc5c4oc4ccccc45)cc3)c3ccccc23)c(-c2ccc3oc4ccccc4c3c2)c1. The van der Waals surface area contributed by atoms with Crippen LogP contribution in [0.1, 0.15) is 0 Å². The highest BCUT2D eigenvalue weighted by atomic mass is 16.3. The molecular weight excluding hydrogens is 633 g/mol. The molecule has 0 aliphatic rings. The van der Waals surface area contributed by atoms with Gasteiger partial charge in [-0.25, -0.2) is 0 Å². The van der Waals surface area contributed by atoms with Crippen molar-refractivity contribution in [3.8, 4) is 44.5 Å². The molecule has 0 aliphatic heterocycles. The van der Waals surface area contributed by atoms with Crippen LogP contribution < -0.4 is 0 Å². The van der Waals surface area contributed by atoms with Crippen molar-refractivity contribution in [1.82, 2.24) is 0 Å². The Bertz CT molecular complexity index is 3120. The topological polar surface area (TPSA) is 26.3 Å². The molecule has 2 heterocycles. The molecule has 9 aromatic carbocycles. The van der Waals surface area contributed by atoms with Gasteiger partial charge < -0.3 is 8.83 Å². The fourth-order valence-corrected chi connectivity index (χ4v) is 8.37. The summed E-state index contributed by atoms with van der Waals surface area (Å²) >= 11 is 0. The number of hydrogen-bond donors (Lipinski definition) is 0. The van der Waals surface area contributed by atoms with Crippen LogP contribution >= 0.6 is 0 Å². The molecule has 0 spiro atoms. The molecule has 0 fully saturated rings. The summed E-state index contributed by atoms with van der Waals surface area (Å²) in [6, 6.07) is 65.1. The van der Waals surface area contributed by atoms with E-state index in [1.807, 2.05) is 24.3 Å². The first-order valence-electron chi connectivity index (χ1n) is 17.8. The molecule has 0 amide bonds. The van der Waals surface area contributed by atoms with Gasteiger partial charge in [-0.15, -0.1) is 0 Å². The van der Waals surface area contributed by atoms with Crippen LogP contribution in [-0.4, -0.2) is 0 Å². The maximum absolute atomic E-state index is 6.40. The number of para-hydroxylation sites is 3. The predicted octanol–water partition coefficient (Wildman–Crippen LogP) is 14.5. The molecule has 11 aromatic rings. The average molecular weight is 663 g/mol. The zero-order valence-corrected chi connectivity index (χ0v) is 28.1. The van der Waals surface area contributed by atoms with Crippen molar-refractivity contribution in [3.63, 3.8) is 0 Å². The first kappa shape index (κ1) is 28.9. The van der Waals surface area contributed by atoms with E-state index >= 15 is 0 Å². The quantitative estimate of drug-likeness (QED) is 0.175. The third kappa shape index (κ3) is 4.31. The van der Waals surface area contributed by atoms with Gasteiger partial charge in [-0.3, -0.25) is 0 Å². The summed E-state index contributed by atoms with van der Waals surface area (Å²) in [6.07, 6.45) is 0. The summed E-state index contributed by atoms with van der Waals surface area (Å²) in [5.41, 5.74) is 13.1. The molecule has 52 heavy (non-hydrogen) atoms. The van der Waals surface area contributed by atoms with Crippen LogP contribution in [0.4, 0.5) is 0 Å². The van der Waals surface area contributed by atoms with Crippen molar-refractivity contribution in [3.05, 3.63) is 182 Å². The molecule has 0 radical (unpaired) electrons. The Labute approximate surface area is 299 Å². The van der Waals surface area contributed by atoms with Gasteiger partial charge in [-0.1, -0.05) is 158 Å². The van der Waals surface area contributed by atoms with E-state index in [0.29, 0.717) is 0 Å². The van der Waals surface area contributed by atoms with Gasteiger partial charge >= 0.3 is 0 Å². The second kappa shape index (κ2) is 11.3. The average Bonchev–Trinajstić information content (AvgIpc) is 3.78. The number of furan rings is 2. The molecule has 2 nitrogen and oxygen atoms in total. The lowest BCUT2D eigenvalue weighted by molar-refractivity contribution is 0.669. The largest absolute Gasteiger partial charge is 0.456 e. The first-order chi connectivity index (χ1) is 25.8. The Balaban J connectivity index is 1.10. The van der Waals surface area contributed by atoms with E-state index in [1.165, 1.54) is 54.9 Å². The van der Waals surface area contributed by atoms with Crippen molar-refractivity contribution < 1.29 is 8.83 Å². The summed E-state index contributed by atoms with van der Waals surface area (Å²) < 4.78 is 12.6. The molecule has 0 N–H and O–H groups in total. The zero-order chi connectivity index (χ0) is 34.2. The summed E-state index contributed by atoms with van der Waals surface area (Å²) in [7, 11) is 0. The van der Waals surface area contributed by atoms with Crippen LogP contribution in [-0.2, 0) is 0 Å². The van der Waals surface area contributed by atoms with E-state index in [4.69, 9.17) is 8.83 Å². The molecule has 0 saturated heterocycles. The maximum Gasteiger partial charge on any atom is 0.143 e. The van der Waals surface area contributed by atoms with Gasteiger partial charge in [0.25, 0.3) is 0 Å². The van der Waals surface area contributed by atoms with E-state index < -0.39 is 0 Å². The molecule has 0 unspecified atom stereocenters. The van der Waals surface area contributed by atoms with Gasteiger partial charge in [0.15, 0.2) is 0 Å². The van der Waals surface area contributed by atoms with Crippen molar-refractivity contribution in [2.75, 3.05) is 0 Å². The van der Waals surface area contributed by atoms with Crippen LogP contribution in [0.15, 0.2) is 191 Å².